The molecule has 0 radical (unpaired) electrons. The average Bonchev–Trinajstić information content (AvgIpc) is 2.41. The lowest BCUT2D eigenvalue weighted by Crippen LogP contribution is -2.47. The topological polar surface area (TPSA) is 77.0 Å². The molecule has 0 spiro atoms. The summed E-state index contributed by atoms with van der Waals surface area (Å²) in [5.41, 5.74) is 10.8. The van der Waals surface area contributed by atoms with E-state index >= 15 is 0 Å². The Balaban J connectivity index is 2.02. The summed E-state index contributed by atoms with van der Waals surface area (Å²) in [6, 6.07) is 2.08. The summed E-state index contributed by atoms with van der Waals surface area (Å²) in [4.78, 5) is 4.14. The maximum Gasteiger partial charge on any atom is 0.0379 e. The molecule has 106 valence electrons. The van der Waals surface area contributed by atoms with Crippen molar-refractivity contribution in [2.75, 3.05) is 11.5 Å². The Morgan fingerprint density at radius 3 is 2.89 bits per heavy atom. The van der Waals surface area contributed by atoms with Crippen LogP contribution in [-0.4, -0.2) is 32.5 Å². The van der Waals surface area contributed by atoms with Crippen LogP contribution in [0.4, 0.5) is 5.69 Å². The van der Waals surface area contributed by atoms with Crippen LogP contribution in [0.25, 0.3) is 0 Å². The van der Waals surface area contributed by atoms with Crippen molar-refractivity contribution in [1.82, 2.24) is 10.4 Å². The fourth-order valence-corrected chi connectivity index (χ4v) is 5.27. The molecule has 5 N–H and O–H groups in total. The van der Waals surface area contributed by atoms with E-state index in [0.29, 0.717) is 15.7 Å². The number of anilines is 1. The number of hydrazine groups is 1. The monoisotopic (exact) mass is 298 g/mol. The molecule has 1 fully saturated rings. The third-order valence-electron chi connectivity index (χ3n) is 3.62. The number of nitrogen functional groups attached to an aromatic ring is 1. The zero-order valence-corrected chi connectivity index (χ0v) is 13.0. The van der Waals surface area contributed by atoms with Crippen LogP contribution in [0.1, 0.15) is 19.4 Å². The maximum absolute atomic E-state index is 5.98. The molecule has 4 atom stereocenters. The Kier molecular flexibility index (Phi) is 5.38. The predicted octanol–water partition coefficient (Wildman–Crippen LogP) is 1.66. The van der Waals surface area contributed by atoms with Gasteiger partial charge in [-0.25, -0.2) is 0 Å². The number of hydrogen-bond donors (Lipinski definition) is 3. The van der Waals surface area contributed by atoms with E-state index in [1.165, 1.54) is 0 Å². The minimum absolute atomic E-state index is 0.235. The molecule has 0 aromatic carbocycles. The molecule has 4 unspecified atom stereocenters. The normalized spacial score (nSPS) is 29.1. The van der Waals surface area contributed by atoms with Crippen LogP contribution >= 0.6 is 23.5 Å². The smallest absolute Gasteiger partial charge is 0.0379 e. The number of nitrogens with two attached hydrogens (primary N) is 2. The van der Waals surface area contributed by atoms with E-state index in [2.05, 4.69) is 24.3 Å². The van der Waals surface area contributed by atoms with Crippen LogP contribution in [-0.2, 0) is 6.42 Å². The summed E-state index contributed by atoms with van der Waals surface area (Å²) < 4.78 is 0. The molecule has 4 nitrogen and oxygen atoms in total. The second-order valence-corrected chi connectivity index (χ2v) is 8.00. The van der Waals surface area contributed by atoms with E-state index in [-0.39, 0.29) is 6.04 Å². The summed E-state index contributed by atoms with van der Waals surface area (Å²) in [7, 11) is 0. The van der Waals surface area contributed by atoms with Gasteiger partial charge in [0, 0.05) is 45.6 Å². The van der Waals surface area contributed by atoms with Crippen molar-refractivity contribution in [1.29, 1.82) is 0 Å². The van der Waals surface area contributed by atoms with Gasteiger partial charge >= 0.3 is 0 Å². The number of hydrogen-bond acceptors (Lipinski definition) is 6. The number of nitrogens with zero attached hydrogens (tertiary/aromatic N) is 1. The SMILES string of the molecule is CC1SCC(C(Cc2cnccc2N)NN)SC1C. The molecule has 2 rings (SSSR count). The number of thioether (sulfide) groups is 2. The molecule has 0 amide bonds. The van der Waals surface area contributed by atoms with Gasteiger partial charge in [-0.1, -0.05) is 13.8 Å². The van der Waals surface area contributed by atoms with E-state index in [1.807, 2.05) is 35.8 Å². The highest BCUT2D eigenvalue weighted by Gasteiger charge is 2.31. The first kappa shape index (κ1) is 15.0. The lowest BCUT2D eigenvalue weighted by molar-refractivity contribution is 0.521. The zero-order chi connectivity index (χ0) is 13.8. The van der Waals surface area contributed by atoms with Crippen LogP contribution in [0.2, 0.25) is 0 Å². The Labute approximate surface area is 123 Å². The van der Waals surface area contributed by atoms with Gasteiger partial charge in [0.15, 0.2) is 0 Å². The maximum atomic E-state index is 5.98. The Bertz CT molecular complexity index is 415. The van der Waals surface area contributed by atoms with E-state index in [9.17, 15) is 0 Å². The standard InChI is InChI=1S/C13H22N4S2/c1-8-9(2)19-13(7-18-8)12(17-15)5-10-6-16-4-3-11(10)14/h3-4,6,8-9,12-13,17H,5,7,15H2,1-2H3,(H2,14,16). The van der Waals surface area contributed by atoms with Crippen molar-refractivity contribution in [3.8, 4) is 0 Å². The highest BCUT2D eigenvalue weighted by molar-refractivity contribution is 8.07. The molecule has 19 heavy (non-hydrogen) atoms. The van der Waals surface area contributed by atoms with E-state index in [1.54, 1.807) is 6.20 Å². The van der Waals surface area contributed by atoms with Crippen molar-refractivity contribution >= 4 is 29.2 Å². The van der Waals surface area contributed by atoms with Gasteiger partial charge in [-0.3, -0.25) is 16.3 Å². The van der Waals surface area contributed by atoms with Crippen LogP contribution in [0.3, 0.4) is 0 Å². The second-order valence-electron chi connectivity index (χ2n) is 4.97. The van der Waals surface area contributed by atoms with E-state index in [4.69, 9.17) is 11.6 Å². The predicted molar refractivity (Wildman–Crippen MR) is 86.2 cm³/mol. The number of pyridine rings is 1. The summed E-state index contributed by atoms with van der Waals surface area (Å²) in [5, 5.41) is 1.88. The third kappa shape index (κ3) is 3.78. The first-order valence-corrected chi connectivity index (χ1v) is 8.52. The van der Waals surface area contributed by atoms with Crippen LogP contribution in [0.15, 0.2) is 18.5 Å². The third-order valence-corrected chi connectivity index (χ3v) is 7.17. The van der Waals surface area contributed by atoms with Gasteiger partial charge in [0.05, 0.1) is 0 Å². The zero-order valence-electron chi connectivity index (χ0n) is 11.4. The molecule has 1 aliphatic rings. The van der Waals surface area contributed by atoms with Gasteiger partial charge in [0.1, 0.15) is 0 Å². The first-order valence-electron chi connectivity index (χ1n) is 6.53. The number of nitrogens with one attached hydrogen (secondary N) is 1. The first-order chi connectivity index (χ1) is 9.11. The minimum atomic E-state index is 0.235. The molecular formula is C13H22N4S2. The van der Waals surface area contributed by atoms with Crippen molar-refractivity contribution < 1.29 is 0 Å². The van der Waals surface area contributed by atoms with Crippen molar-refractivity contribution in [2.24, 2.45) is 5.84 Å². The van der Waals surface area contributed by atoms with Crippen LogP contribution < -0.4 is 17.0 Å². The van der Waals surface area contributed by atoms with Crippen molar-refractivity contribution in [3.05, 3.63) is 24.0 Å². The molecule has 1 aromatic heterocycles. The minimum Gasteiger partial charge on any atom is -0.398 e. The summed E-state index contributed by atoms with van der Waals surface area (Å²) >= 11 is 4.06. The van der Waals surface area contributed by atoms with Gasteiger partial charge in [0.2, 0.25) is 0 Å². The van der Waals surface area contributed by atoms with E-state index in [0.717, 1.165) is 23.4 Å². The fourth-order valence-electron chi connectivity index (χ4n) is 2.16. The molecule has 1 aromatic rings. The number of rotatable bonds is 4. The molecule has 2 heterocycles. The fraction of sp³-hybridized carbons (Fsp3) is 0.615. The van der Waals surface area contributed by atoms with Crippen LogP contribution in [0.5, 0.6) is 0 Å². The Hall–Kier alpha value is -0.430. The molecule has 6 heteroatoms. The lowest BCUT2D eigenvalue weighted by atomic mass is 10.0. The quantitative estimate of drug-likeness (QED) is 0.580. The van der Waals surface area contributed by atoms with Crippen molar-refractivity contribution in [2.45, 2.75) is 42.1 Å². The van der Waals surface area contributed by atoms with Gasteiger partial charge in [0.25, 0.3) is 0 Å². The molecule has 0 bridgehead atoms. The van der Waals surface area contributed by atoms with E-state index < -0.39 is 0 Å². The van der Waals surface area contributed by atoms with Gasteiger partial charge in [-0.15, -0.1) is 0 Å². The Morgan fingerprint density at radius 2 is 2.26 bits per heavy atom. The summed E-state index contributed by atoms with van der Waals surface area (Å²) in [5.74, 6) is 6.88. The highest BCUT2D eigenvalue weighted by Crippen LogP contribution is 2.37. The van der Waals surface area contributed by atoms with Crippen LogP contribution in [0, 0.1) is 0 Å². The summed E-state index contributed by atoms with van der Waals surface area (Å²) in [6.45, 7) is 4.59. The highest BCUT2D eigenvalue weighted by atomic mass is 32.2. The second kappa shape index (κ2) is 6.83. The Morgan fingerprint density at radius 1 is 1.47 bits per heavy atom. The van der Waals surface area contributed by atoms with Crippen molar-refractivity contribution in [3.63, 3.8) is 0 Å². The average molecular weight is 298 g/mol. The molecular weight excluding hydrogens is 276 g/mol. The lowest BCUT2D eigenvalue weighted by Gasteiger charge is -2.35. The van der Waals surface area contributed by atoms with Gasteiger partial charge in [-0.2, -0.15) is 23.5 Å². The molecule has 0 aliphatic carbocycles. The van der Waals surface area contributed by atoms with Gasteiger partial charge < -0.3 is 5.73 Å². The molecule has 0 saturated carbocycles. The van der Waals surface area contributed by atoms with Gasteiger partial charge in [-0.05, 0) is 18.1 Å². The molecule has 1 saturated heterocycles. The number of aromatic nitrogens is 1. The summed E-state index contributed by atoms with van der Waals surface area (Å²) in [6.07, 6.45) is 4.39. The molecule has 1 aliphatic heterocycles. The largest absolute Gasteiger partial charge is 0.398 e.